The molecule has 2 fully saturated rings. The van der Waals surface area contributed by atoms with E-state index in [0.29, 0.717) is 24.4 Å². The van der Waals surface area contributed by atoms with Crippen molar-refractivity contribution in [3.8, 4) is 0 Å². The standard InChI is InChI=1S/C14H26N2O2/c1-10-5-4-8-16(11(10)2)9-14(15-3,13(17)18)12-6-7-12/h10-12,15H,4-9H2,1-3H3,(H,17,18). The summed E-state index contributed by atoms with van der Waals surface area (Å²) in [6.07, 6.45) is 4.55. The number of likely N-dealkylation sites (tertiary alicyclic amines) is 1. The molecule has 3 atom stereocenters. The molecule has 0 radical (unpaired) electrons. The Kier molecular flexibility index (Phi) is 3.97. The van der Waals surface area contributed by atoms with E-state index in [0.717, 1.165) is 19.4 Å². The largest absolute Gasteiger partial charge is 0.480 e. The number of rotatable bonds is 5. The summed E-state index contributed by atoms with van der Waals surface area (Å²) in [4.78, 5) is 14.1. The van der Waals surface area contributed by atoms with Crippen molar-refractivity contribution >= 4 is 5.97 Å². The molecule has 0 aromatic rings. The number of nitrogens with zero attached hydrogens (tertiary/aromatic N) is 1. The normalized spacial score (nSPS) is 33.1. The maximum absolute atomic E-state index is 11.7. The first-order chi connectivity index (χ1) is 8.51. The number of carbonyl (C=O) groups is 1. The number of aliphatic carboxylic acids is 1. The van der Waals surface area contributed by atoms with Gasteiger partial charge in [-0.3, -0.25) is 9.69 Å². The van der Waals surface area contributed by atoms with Crippen molar-refractivity contribution in [3.63, 3.8) is 0 Å². The van der Waals surface area contributed by atoms with Crippen LogP contribution in [0.1, 0.15) is 39.5 Å². The number of piperidine rings is 1. The van der Waals surface area contributed by atoms with Gasteiger partial charge < -0.3 is 10.4 Å². The van der Waals surface area contributed by atoms with Gasteiger partial charge in [0.15, 0.2) is 0 Å². The Bertz CT molecular complexity index is 317. The van der Waals surface area contributed by atoms with E-state index in [1.54, 1.807) is 7.05 Å². The van der Waals surface area contributed by atoms with Crippen LogP contribution >= 0.6 is 0 Å². The smallest absolute Gasteiger partial charge is 0.325 e. The van der Waals surface area contributed by atoms with Gasteiger partial charge in [-0.2, -0.15) is 0 Å². The Morgan fingerprint density at radius 2 is 2.06 bits per heavy atom. The lowest BCUT2D eigenvalue weighted by Gasteiger charge is -2.43. The SMILES string of the molecule is CNC(CN1CCCC(C)C1C)(C(=O)O)C1CC1. The van der Waals surface area contributed by atoms with Crippen molar-refractivity contribution in [2.24, 2.45) is 11.8 Å². The highest BCUT2D eigenvalue weighted by Crippen LogP contribution is 2.41. The van der Waals surface area contributed by atoms with Gasteiger partial charge in [0, 0.05) is 12.6 Å². The molecule has 2 rings (SSSR count). The maximum atomic E-state index is 11.7. The van der Waals surface area contributed by atoms with Crippen molar-refractivity contribution in [1.29, 1.82) is 0 Å². The number of hydrogen-bond acceptors (Lipinski definition) is 3. The van der Waals surface area contributed by atoms with Crippen LogP contribution < -0.4 is 5.32 Å². The summed E-state index contributed by atoms with van der Waals surface area (Å²) in [5.74, 6) is 0.295. The lowest BCUT2D eigenvalue weighted by Crippen LogP contribution is -2.62. The maximum Gasteiger partial charge on any atom is 0.325 e. The highest BCUT2D eigenvalue weighted by molar-refractivity contribution is 5.80. The van der Waals surface area contributed by atoms with Crippen LogP contribution in [-0.4, -0.2) is 47.7 Å². The molecule has 1 heterocycles. The van der Waals surface area contributed by atoms with E-state index in [4.69, 9.17) is 0 Å². The zero-order valence-electron chi connectivity index (χ0n) is 11.8. The van der Waals surface area contributed by atoms with E-state index in [9.17, 15) is 9.90 Å². The Morgan fingerprint density at radius 3 is 2.56 bits per heavy atom. The minimum atomic E-state index is -0.731. The third kappa shape index (κ3) is 2.41. The molecular weight excluding hydrogens is 228 g/mol. The van der Waals surface area contributed by atoms with Crippen LogP contribution in [0.2, 0.25) is 0 Å². The lowest BCUT2D eigenvalue weighted by atomic mass is 9.87. The summed E-state index contributed by atoms with van der Waals surface area (Å²) in [5.41, 5.74) is -0.731. The van der Waals surface area contributed by atoms with Crippen molar-refractivity contribution in [2.45, 2.75) is 51.1 Å². The van der Waals surface area contributed by atoms with Crippen molar-refractivity contribution < 1.29 is 9.90 Å². The van der Waals surface area contributed by atoms with Crippen LogP contribution in [0.4, 0.5) is 0 Å². The molecule has 1 aliphatic carbocycles. The summed E-state index contributed by atoms with van der Waals surface area (Å²) < 4.78 is 0. The molecule has 0 aromatic carbocycles. The van der Waals surface area contributed by atoms with Crippen LogP contribution in [0.5, 0.6) is 0 Å². The molecule has 0 bridgehead atoms. The fourth-order valence-electron chi connectivity index (χ4n) is 3.30. The van der Waals surface area contributed by atoms with E-state index in [-0.39, 0.29) is 0 Å². The Balaban J connectivity index is 2.11. The third-order valence-electron chi connectivity index (χ3n) is 5.06. The molecule has 4 nitrogen and oxygen atoms in total. The number of nitrogens with one attached hydrogen (secondary N) is 1. The molecule has 2 aliphatic rings. The number of likely N-dealkylation sites (N-methyl/N-ethyl adjacent to an activating group) is 1. The predicted molar refractivity (Wildman–Crippen MR) is 71.6 cm³/mol. The zero-order valence-corrected chi connectivity index (χ0v) is 11.8. The first-order valence-corrected chi connectivity index (χ1v) is 7.17. The summed E-state index contributed by atoms with van der Waals surface area (Å²) in [5, 5.41) is 12.7. The van der Waals surface area contributed by atoms with Gasteiger partial charge in [0.25, 0.3) is 0 Å². The first-order valence-electron chi connectivity index (χ1n) is 7.17. The molecule has 1 aliphatic heterocycles. The van der Waals surface area contributed by atoms with Crippen molar-refractivity contribution in [1.82, 2.24) is 10.2 Å². The second-order valence-electron chi connectivity index (χ2n) is 6.13. The van der Waals surface area contributed by atoms with E-state index in [1.165, 1.54) is 12.8 Å². The van der Waals surface area contributed by atoms with Crippen LogP contribution in [0, 0.1) is 11.8 Å². The Hall–Kier alpha value is -0.610. The Morgan fingerprint density at radius 1 is 1.39 bits per heavy atom. The molecule has 0 aromatic heterocycles. The minimum absolute atomic E-state index is 0.310. The minimum Gasteiger partial charge on any atom is -0.480 e. The fraction of sp³-hybridized carbons (Fsp3) is 0.929. The second kappa shape index (κ2) is 5.17. The average molecular weight is 254 g/mol. The molecule has 3 unspecified atom stereocenters. The molecule has 4 heteroatoms. The van der Waals surface area contributed by atoms with Crippen LogP contribution in [0.15, 0.2) is 0 Å². The summed E-state index contributed by atoms with van der Waals surface area (Å²) in [6.45, 7) is 6.19. The molecule has 0 spiro atoms. The van der Waals surface area contributed by atoms with Gasteiger partial charge in [0.05, 0.1) is 0 Å². The molecule has 18 heavy (non-hydrogen) atoms. The predicted octanol–water partition coefficient (Wildman–Crippen LogP) is 1.56. The van der Waals surface area contributed by atoms with Gasteiger partial charge in [0.2, 0.25) is 0 Å². The molecular formula is C14H26N2O2. The molecule has 1 saturated carbocycles. The van der Waals surface area contributed by atoms with Crippen LogP contribution in [-0.2, 0) is 4.79 Å². The van der Waals surface area contributed by atoms with Gasteiger partial charge in [-0.15, -0.1) is 0 Å². The summed E-state index contributed by atoms with van der Waals surface area (Å²) in [7, 11) is 1.80. The van der Waals surface area contributed by atoms with Gasteiger partial charge in [-0.05, 0) is 58.0 Å². The van der Waals surface area contributed by atoms with Gasteiger partial charge in [-0.25, -0.2) is 0 Å². The molecule has 2 N–H and O–H groups in total. The highest BCUT2D eigenvalue weighted by atomic mass is 16.4. The lowest BCUT2D eigenvalue weighted by molar-refractivity contribution is -0.147. The zero-order chi connectivity index (χ0) is 13.3. The fourth-order valence-corrected chi connectivity index (χ4v) is 3.30. The van der Waals surface area contributed by atoms with E-state index < -0.39 is 11.5 Å². The quantitative estimate of drug-likeness (QED) is 0.782. The van der Waals surface area contributed by atoms with E-state index in [2.05, 4.69) is 24.1 Å². The molecule has 0 amide bonds. The topological polar surface area (TPSA) is 52.6 Å². The van der Waals surface area contributed by atoms with Gasteiger partial charge in [0.1, 0.15) is 5.54 Å². The number of carboxylic acid groups (broad SMARTS) is 1. The Labute approximate surface area is 110 Å². The number of hydrogen-bond donors (Lipinski definition) is 2. The molecule has 104 valence electrons. The van der Waals surface area contributed by atoms with E-state index >= 15 is 0 Å². The average Bonchev–Trinajstić information content (AvgIpc) is 3.15. The van der Waals surface area contributed by atoms with Crippen LogP contribution in [0.3, 0.4) is 0 Å². The number of carboxylic acids is 1. The molecule has 1 saturated heterocycles. The monoisotopic (exact) mass is 254 g/mol. The van der Waals surface area contributed by atoms with E-state index in [1.807, 2.05) is 0 Å². The van der Waals surface area contributed by atoms with Crippen LogP contribution in [0.25, 0.3) is 0 Å². The highest BCUT2D eigenvalue weighted by Gasteiger charge is 2.51. The summed E-state index contributed by atoms with van der Waals surface area (Å²) in [6, 6.07) is 0.490. The van der Waals surface area contributed by atoms with Crippen molar-refractivity contribution in [2.75, 3.05) is 20.1 Å². The van der Waals surface area contributed by atoms with Gasteiger partial charge in [-0.1, -0.05) is 6.92 Å². The first kappa shape index (κ1) is 13.8. The summed E-state index contributed by atoms with van der Waals surface area (Å²) >= 11 is 0. The van der Waals surface area contributed by atoms with Gasteiger partial charge >= 0.3 is 5.97 Å². The second-order valence-corrected chi connectivity index (χ2v) is 6.13. The third-order valence-corrected chi connectivity index (χ3v) is 5.06. The van der Waals surface area contributed by atoms with Crippen molar-refractivity contribution in [3.05, 3.63) is 0 Å².